The Hall–Kier alpha value is -3.53. The quantitative estimate of drug-likeness (QED) is 0.377. The summed E-state index contributed by atoms with van der Waals surface area (Å²) in [6, 6.07) is 12.5. The van der Waals surface area contributed by atoms with Crippen molar-refractivity contribution >= 4 is 34.0 Å². The van der Waals surface area contributed by atoms with Crippen LogP contribution >= 0.6 is 11.3 Å². The molecule has 0 aliphatic heterocycles. The number of alkyl halides is 3. The van der Waals surface area contributed by atoms with Crippen LogP contribution in [0.5, 0.6) is 0 Å². The number of nitrogens with one attached hydrogen (secondary N) is 2. The first kappa shape index (κ1) is 23.6. The van der Waals surface area contributed by atoms with Crippen LogP contribution in [0.4, 0.5) is 19.0 Å². The monoisotopic (exact) mass is 485 g/mol. The van der Waals surface area contributed by atoms with E-state index < -0.39 is 11.7 Å². The van der Waals surface area contributed by atoms with Crippen LogP contribution in [-0.4, -0.2) is 20.9 Å². The Morgan fingerprint density at radius 2 is 1.79 bits per heavy atom. The van der Waals surface area contributed by atoms with Crippen molar-refractivity contribution in [3.63, 3.8) is 0 Å². The maximum Gasteiger partial charge on any atom is 0.416 e. The van der Waals surface area contributed by atoms with Gasteiger partial charge in [0.25, 0.3) is 0 Å². The molecule has 0 saturated heterocycles. The van der Waals surface area contributed by atoms with E-state index in [0.717, 1.165) is 33.1 Å². The molecule has 2 aromatic heterocycles. The number of thiazole rings is 1. The lowest BCUT2D eigenvalue weighted by molar-refractivity contribution is -0.137. The Bertz CT molecular complexity index is 1340. The third kappa shape index (κ3) is 5.69. The van der Waals surface area contributed by atoms with Crippen molar-refractivity contribution in [3.8, 4) is 0 Å². The number of fused-ring (bicyclic) bond motifs is 1. The molecule has 0 unspecified atom stereocenters. The summed E-state index contributed by atoms with van der Waals surface area (Å²) in [6.07, 6.45) is -4.18. The molecule has 0 bridgehead atoms. The molecule has 10 heteroatoms. The highest BCUT2D eigenvalue weighted by atomic mass is 32.1. The summed E-state index contributed by atoms with van der Waals surface area (Å²) in [5.41, 5.74) is 1.29. The number of hydrogen-bond donors (Lipinski definition) is 2. The molecule has 34 heavy (non-hydrogen) atoms. The highest BCUT2D eigenvalue weighted by Crippen LogP contribution is 2.30. The van der Waals surface area contributed by atoms with Gasteiger partial charge in [-0.1, -0.05) is 24.3 Å². The fourth-order valence-corrected chi connectivity index (χ4v) is 4.44. The predicted octanol–water partition coefficient (Wildman–Crippen LogP) is 5.19. The molecule has 6 nitrogen and oxygen atoms in total. The number of halogens is 3. The minimum absolute atomic E-state index is 0.124. The first-order valence-corrected chi connectivity index (χ1v) is 11.4. The van der Waals surface area contributed by atoms with Crippen LogP contribution in [-0.2, 0) is 30.5 Å². The Labute approximate surface area is 198 Å². The van der Waals surface area contributed by atoms with Gasteiger partial charge in [-0.3, -0.25) is 4.79 Å². The summed E-state index contributed by atoms with van der Waals surface area (Å²) in [5.74, 6) is 0.721. The van der Waals surface area contributed by atoms with Gasteiger partial charge in [0.05, 0.1) is 34.7 Å². The van der Waals surface area contributed by atoms with Gasteiger partial charge in [0.1, 0.15) is 5.82 Å². The van der Waals surface area contributed by atoms with Crippen LogP contribution in [0.15, 0.2) is 48.5 Å². The minimum atomic E-state index is -4.40. The molecule has 0 radical (unpaired) electrons. The molecule has 2 heterocycles. The van der Waals surface area contributed by atoms with E-state index >= 15 is 0 Å². The Morgan fingerprint density at radius 1 is 1.00 bits per heavy atom. The third-order valence-electron chi connectivity index (χ3n) is 5.13. The Balaban J connectivity index is 1.49. The van der Waals surface area contributed by atoms with E-state index in [2.05, 4.69) is 25.6 Å². The molecular weight excluding hydrogens is 463 g/mol. The zero-order valence-electron chi connectivity index (χ0n) is 18.5. The van der Waals surface area contributed by atoms with Crippen molar-refractivity contribution in [1.82, 2.24) is 20.3 Å². The van der Waals surface area contributed by atoms with Gasteiger partial charge in [0.15, 0.2) is 5.82 Å². The number of anilines is 1. The maximum atomic E-state index is 13.0. The van der Waals surface area contributed by atoms with E-state index in [9.17, 15) is 18.0 Å². The first-order chi connectivity index (χ1) is 16.2. The van der Waals surface area contributed by atoms with E-state index in [0.29, 0.717) is 22.7 Å². The van der Waals surface area contributed by atoms with Crippen LogP contribution < -0.4 is 10.6 Å². The third-order valence-corrected chi connectivity index (χ3v) is 6.20. The second kappa shape index (κ2) is 9.76. The van der Waals surface area contributed by atoms with E-state index in [1.807, 2.05) is 38.1 Å². The summed E-state index contributed by atoms with van der Waals surface area (Å²) in [7, 11) is 0. The molecule has 2 aromatic carbocycles. The summed E-state index contributed by atoms with van der Waals surface area (Å²) < 4.78 is 39.1. The van der Waals surface area contributed by atoms with Gasteiger partial charge < -0.3 is 10.6 Å². The predicted molar refractivity (Wildman–Crippen MR) is 125 cm³/mol. The number of nitrogens with zero attached hydrogens (tertiary/aromatic N) is 3. The smallest absolute Gasteiger partial charge is 0.365 e. The van der Waals surface area contributed by atoms with Crippen LogP contribution in [0.25, 0.3) is 10.9 Å². The average molecular weight is 486 g/mol. The van der Waals surface area contributed by atoms with Crippen molar-refractivity contribution < 1.29 is 18.0 Å². The number of amides is 1. The van der Waals surface area contributed by atoms with Crippen molar-refractivity contribution in [3.05, 3.63) is 81.1 Å². The summed E-state index contributed by atoms with van der Waals surface area (Å²) in [4.78, 5) is 26.7. The van der Waals surface area contributed by atoms with Crippen LogP contribution in [0.3, 0.4) is 0 Å². The molecule has 0 fully saturated rings. The second-order valence-corrected chi connectivity index (χ2v) is 9.04. The summed E-state index contributed by atoms with van der Waals surface area (Å²) in [5, 5.41) is 7.61. The molecule has 4 rings (SSSR count). The number of rotatable bonds is 7. The molecule has 0 spiro atoms. The van der Waals surface area contributed by atoms with Gasteiger partial charge >= 0.3 is 6.18 Å². The SMILES string of the molecule is Cc1nc(C)c(CC(=O)NCc2nc(NCc3cccc(C(F)(F)F)c3)c3ccccc3n2)s1. The zero-order valence-corrected chi connectivity index (χ0v) is 19.3. The van der Waals surface area contributed by atoms with Crippen LogP contribution in [0, 0.1) is 13.8 Å². The molecule has 0 saturated carbocycles. The number of aromatic nitrogens is 3. The number of benzene rings is 2. The van der Waals surface area contributed by atoms with Crippen molar-refractivity contribution in [1.29, 1.82) is 0 Å². The van der Waals surface area contributed by atoms with Crippen LogP contribution in [0.1, 0.15) is 32.5 Å². The van der Waals surface area contributed by atoms with Gasteiger partial charge in [-0.05, 0) is 43.7 Å². The normalized spacial score (nSPS) is 11.6. The van der Waals surface area contributed by atoms with E-state index in [1.54, 1.807) is 6.07 Å². The number of carbonyl (C=O) groups excluding carboxylic acids is 1. The summed E-state index contributed by atoms with van der Waals surface area (Å²) >= 11 is 1.49. The molecule has 2 N–H and O–H groups in total. The van der Waals surface area contributed by atoms with Gasteiger partial charge in [-0.25, -0.2) is 15.0 Å². The number of carbonyl (C=O) groups is 1. The fourth-order valence-electron chi connectivity index (χ4n) is 3.51. The lowest BCUT2D eigenvalue weighted by atomic mass is 10.1. The largest absolute Gasteiger partial charge is 0.416 e. The van der Waals surface area contributed by atoms with Crippen molar-refractivity contribution in [2.75, 3.05) is 5.32 Å². The highest BCUT2D eigenvalue weighted by molar-refractivity contribution is 7.11. The van der Waals surface area contributed by atoms with Crippen molar-refractivity contribution in [2.24, 2.45) is 0 Å². The van der Waals surface area contributed by atoms with Gasteiger partial charge in [0.2, 0.25) is 5.91 Å². The fraction of sp³-hybridized carbons (Fsp3) is 0.250. The van der Waals surface area contributed by atoms with Gasteiger partial charge in [-0.15, -0.1) is 11.3 Å². The molecule has 176 valence electrons. The molecule has 0 aliphatic rings. The van der Waals surface area contributed by atoms with E-state index in [4.69, 9.17) is 0 Å². The standard InChI is InChI=1S/C24H22F3N5OS/c1-14-20(34-15(2)30-14)11-22(33)28-13-21-31-19-9-4-3-8-18(19)23(32-21)29-12-16-6-5-7-17(10-16)24(25,26)27/h3-10H,11-13H2,1-2H3,(H,28,33)(H,29,31,32). The van der Waals surface area contributed by atoms with Crippen molar-refractivity contribution in [2.45, 2.75) is 39.5 Å². The average Bonchev–Trinajstić information content (AvgIpc) is 3.12. The second-order valence-electron chi connectivity index (χ2n) is 7.75. The van der Waals surface area contributed by atoms with E-state index in [1.165, 1.54) is 17.4 Å². The summed E-state index contributed by atoms with van der Waals surface area (Å²) in [6.45, 7) is 4.05. The van der Waals surface area contributed by atoms with Crippen LogP contribution in [0.2, 0.25) is 0 Å². The zero-order chi connectivity index (χ0) is 24.3. The number of hydrogen-bond acceptors (Lipinski definition) is 6. The van der Waals surface area contributed by atoms with Gasteiger partial charge in [0, 0.05) is 16.8 Å². The lowest BCUT2D eigenvalue weighted by Gasteiger charge is -2.13. The van der Waals surface area contributed by atoms with Gasteiger partial charge in [-0.2, -0.15) is 13.2 Å². The molecule has 4 aromatic rings. The Morgan fingerprint density at radius 3 is 2.53 bits per heavy atom. The molecule has 0 atom stereocenters. The highest BCUT2D eigenvalue weighted by Gasteiger charge is 2.30. The number of aryl methyl sites for hydroxylation is 2. The molecule has 1 amide bonds. The maximum absolute atomic E-state index is 13.0. The minimum Gasteiger partial charge on any atom is -0.365 e. The molecular formula is C24H22F3N5OS. The Kier molecular flexibility index (Phi) is 6.78. The number of para-hydroxylation sites is 1. The topological polar surface area (TPSA) is 79.8 Å². The molecule has 0 aliphatic carbocycles. The first-order valence-electron chi connectivity index (χ1n) is 10.5. The van der Waals surface area contributed by atoms with E-state index in [-0.39, 0.29) is 25.4 Å². The lowest BCUT2D eigenvalue weighted by Crippen LogP contribution is -2.25.